The molecular weight excluding hydrogens is 192 g/mol. The average Bonchev–Trinajstić information content (AvgIpc) is 2.27. The van der Waals surface area contributed by atoms with Gasteiger partial charge < -0.3 is 16.4 Å². The summed E-state index contributed by atoms with van der Waals surface area (Å²) in [5.74, 6) is -0.249. The van der Waals surface area contributed by atoms with Gasteiger partial charge in [0.05, 0.1) is 11.9 Å². The van der Waals surface area contributed by atoms with E-state index in [1.165, 1.54) is 6.42 Å². The molecule has 0 bridgehead atoms. The van der Waals surface area contributed by atoms with Crippen LogP contribution < -0.4 is 11.5 Å². The van der Waals surface area contributed by atoms with Crippen molar-refractivity contribution in [2.24, 2.45) is 16.5 Å². The summed E-state index contributed by atoms with van der Waals surface area (Å²) in [5, 5.41) is 0. The number of nitrogens with zero attached hydrogens (tertiary/aromatic N) is 2. The maximum absolute atomic E-state index is 11.5. The van der Waals surface area contributed by atoms with E-state index in [9.17, 15) is 4.79 Å². The Kier molecular flexibility index (Phi) is 2.73. The van der Waals surface area contributed by atoms with E-state index in [-0.39, 0.29) is 11.6 Å². The van der Waals surface area contributed by atoms with Crippen molar-refractivity contribution in [3.05, 3.63) is 11.9 Å². The van der Waals surface area contributed by atoms with Crippen molar-refractivity contribution in [3.63, 3.8) is 0 Å². The number of carbonyl (C=O) groups is 1. The summed E-state index contributed by atoms with van der Waals surface area (Å²) in [5.41, 5.74) is 12.1. The number of likely N-dealkylation sites (tertiary alicyclic amines) is 1. The molecule has 2 aliphatic rings. The van der Waals surface area contributed by atoms with Gasteiger partial charge in [-0.25, -0.2) is 4.99 Å². The van der Waals surface area contributed by atoms with Gasteiger partial charge in [-0.05, 0) is 19.3 Å². The molecule has 0 saturated carbocycles. The van der Waals surface area contributed by atoms with Crippen LogP contribution in [0.15, 0.2) is 16.9 Å². The van der Waals surface area contributed by atoms with Crippen LogP contribution in [0.3, 0.4) is 0 Å². The van der Waals surface area contributed by atoms with Gasteiger partial charge >= 0.3 is 0 Å². The third-order valence-corrected chi connectivity index (χ3v) is 2.91. The molecule has 15 heavy (non-hydrogen) atoms. The molecule has 1 unspecified atom stereocenters. The molecule has 0 aromatic carbocycles. The molecule has 4 N–H and O–H groups in total. The minimum Gasteiger partial charge on any atom is -0.381 e. The maximum Gasteiger partial charge on any atom is 0.220 e. The molecular formula is C10H16N4O. The summed E-state index contributed by atoms with van der Waals surface area (Å²) in [6.45, 7) is 1.92. The lowest BCUT2D eigenvalue weighted by Crippen LogP contribution is -2.48. The number of ketones is 1. The highest BCUT2D eigenvalue weighted by atomic mass is 16.1. The van der Waals surface area contributed by atoms with Crippen molar-refractivity contribution in [1.29, 1.82) is 0 Å². The van der Waals surface area contributed by atoms with Gasteiger partial charge in [0.25, 0.3) is 0 Å². The highest BCUT2D eigenvalue weighted by Gasteiger charge is 2.28. The van der Waals surface area contributed by atoms with Crippen molar-refractivity contribution < 1.29 is 4.79 Å². The molecule has 0 amide bonds. The number of aliphatic imine (C=N–C) groups is 1. The molecule has 0 spiro atoms. The van der Waals surface area contributed by atoms with Gasteiger partial charge in [0, 0.05) is 13.1 Å². The first-order chi connectivity index (χ1) is 7.20. The lowest BCUT2D eigenvalue weighted by Gasteiger charge is -2.33. The van der Waals surface area contributed by atoms with E-state index in [2.05, 4.69) is 9.89 Å². The number of amidine groups is 1. The van der Waals surface area contributed by atoms with Crippen LogP contribution in [0.2, 0.25) is 0 Å². The van der Waals surface area contributed by atoms with E-state index in [0.717, 1.165) is 31.6 Å². The molecule has 1 atom stereocenters. The van der Waals surface area contributed by atoms with E-state index in [1.54, 1.807) is 6.20 Å². The molecule has 82 valence electrons. The Balaban J connectivity index is 2.17. The van der Waals surface area contributed by atoms with Crippen LogP contribution in [0.25, 0.3) is 0 Å². The number of carbonyl (C=O) groups excluding carboxylic acids is 1. The van der Waals surface area contributed by atoms with Gasteiger partial charge in [0.2, 0.25) is 5.78 Å². The third-order valence-electron chi connectivity index (χ3n) is 2.91. The van der Waals surface area contributed by atoms with Crippen LogP contribution in [-0.2, 0) is 4.79 Å². The summed E-state index contributed by atoms with van der Waals surface area (Å²) in [6, 6.07) is -0.624. The van der Waals surface area contributed by atoms with Gasteiger partial charge in [0.1, 0.15) is 6.04 Å². The Bertz CT molecular complexity index is 328. The molecule has 0 aromatic heterocycles. The van der Waals surface area contributed by atoms with Gasteiger partial charge in [-0.3, -0.25) is 4.79 Å². The number of rotatable bonds is 1. The van der Waals surface area contributed by atoms with Crippen molar-refractivity contribution in [1.82, 2.24) is 4.90 Å². The lowest BCUT2D eigenvalue weighted by molar-refractivity contribution is -0.114. The van der Waals surface area contributed by atoms with Gasteiger partial charge in [0.15, 0.2) is 5.84 Å². The summed E-state index contributed by atoms with van der Waals surface area (Å²) >= 11 is 0. The van der Waals surface area contributed by atoms with Gasteiger partial charge in [-0.2, -0.15) is 0 Å². The lowest BCUT2D eigenvalue weighted by atomic mass is 10.0. The highest BCUT2D eigenvalue weighted by Crippen LogP contribution is 2.18. The van der Waals surface area contributed by atoms with Crippen molar-refractivity contribution in [2.75, 3.05) is 13.1 Å². The number of piperidine rings is 1. The van der Waals surface area contributed by atoms with Crippen LogP contribution in [0.4, 0.5) is 0 Å². The second-order valence-electron chi connectivity index (χ2n) is 3.96. The number of nitrogens with two attached hydrogens (primary N) is 2. The third kappa shape index (κ3) is 1.87. The zero-order valence-electron chi connectivity index (χ0n) is 8.65. The van der Waals surface area contributed by atoms with Crippen molar-refractivity contribution in [3.8, 4) is 0 Å². The van der Waals surface area contributed by atoms with E-state index < -0.39 is 6.04 Å². The first kappa shape index (κ1) is 10.2. The van der Waals surface area contributed by atoms with Crippen LogP contribution in [0.5, 0.6) is 0 Å². The molecule has 0 aliphatic carbocycles. The molecule has 1 fully saturated rings. The average molecular weight is 208 g/mol. The quantitative estimate of drug-likeness (QED) is 0.613. The predicted molar refractivity (Wildman–Crippen MR) is 58.1 cm³/mol. The van der Waals surface area contributed by atoms with Gasteiger partial charge in [-0.1, -0.05) is 0 Å². The van der Waals surface area contributed by atoms with E-state index in [0.29, 0.717) is 0 Å². The van der Waals surface area contributed by atoms with Crippen molar-refractivity contribution >= 4 is 11.6 Å². The fourth-order valence-corrected chi connectivity index (χ4v) is 2.00. The second kappa shape index (κ2) is 4.02. The normalized spacial score (nSPS) is 27.4. The molecule has 5 heteroatoms. The molecule has 2 rings (SSSR count). The van der Waals surface area contributed by atoms with Crippen molar-refractivity contribution in [2.45, 2.75) is 25.3 Å². The fraction of sp³-hybridized carbons (Fsp3) is 0.600. The first-order valence-electron chi connectivity index (χ1n) is 5.28. The minimum absolute atomic E-state index is 0.0169. The number of hydrogen-bond donors (Lipinski definition) is 2. The maximum atomic E-state index is 11.5. The summed E-state index contributed by atoms with van der Waals surface area (Å²) in [6.07, 6.45) is 5.18. The zero-order chi connectivity index (χ0) is 10.8. The van der Waals surface area contributed by atoms with Crippen LogP contribution in [0.1, 0.15) is 19.3 Å². The van der Waals surface area contributed by atoms with E-state index in [1.807, 2.05) is 0 Å². The Labute approximate surface area is 88.8 Å². The standard InChI is InChI=1S/C10H16N4O/c11-8-7(6-13-10(12)9(8)15)14-4-2-1-3-5-14/h6,8H,1-5,11H2,(H2,12,13). The van der Waals surface area contributed by atoms with Gasteiger partial charge in [-0.15, -0.1) is 0 Å². The van der Waals surface area contributed by atoms with E-state index in [4.69, 9.17) is 11.5 Å². The monoisotopic (exact) mass is 208 g/mol. The largest absolute Gasteiger partial charge is 0.381 e. The Morgan fingerprint density at radius 1 is 1.33 bits per heavy atom. The van der Waals surface area contributed by atoms with E-state index >= 15 is 0 Å². The zero-order valence-corrected chi connectivity index (χ0v) is 8.65. The Morgan fingerprint density at radius 2 is 2.00 bits per heavy atom. The fourth-order valence-electron chi connectivity index (χ4n) is 2.00. The van der Waals surface area contributed by atoms with Crippen LogP contribution in [0, 0.1) is 0 Å². The molecule has 0 radical (unpaired) electrons. The Hall–Kier alpha value is -1.36. The molecule has 2 aliphatic heterocycles. The molecule has 5 nitrogen and oxygen atoms in total. The highest BCUT2D eigenvalue weighted by molar-refractivity contribution is 6.41. The summed E-state index contributed by atoms with van der Waals surface area (Å²) in [4.78, 5) is 17.5. The summed E-state index contributed by atoms with van der Waals surface area (Å²) in [7, 11) is 0. The number of Topliss-reactive ketones (excluding diaryl/α,β-unsaturated/α-hetero) is 1. The predicted octanol–water partition coefficient (Wildman–Crippen LogP) is -0.419. The topological polar surface area (TPSA) is 84.7 Å². The Morgan fingerprint density at radius 3 is 2.67 bits per heavy atom. The molecule has 0 aromatic rings. The molecule has 1 saturated heterocycles. The molecule has 2 heterocycles. The first-order valence-corrected chi connectivity index (χ1v) is 5.28. The minimum atomic E-state index is -0.624. The van der Waals surface area contributed by atoms with Crippen LogP contribution in [-0.4, -0.2) is 35.7 Å². The van der Waals surface area contributed by atoms with Crippen LogP contribution >= 0.6 is 0 Å². The SMILES string of the molecule is NC1=NC=C(N2CCCCC2)C(N)C1=O. The second-order valence-corrected chi connectivity index (χ2v) is 3.96. The number of hydrogen-bond acceptors (Lipinski definition) is 5. The summed E-state index contributed by atoms with van der Waals surface area (Å²) < 4.78 is 0. The smallest absolute Gasteiger partial charge is 0.220 e.